The zero-order chi connectivity index (χ0) is 19.0. The lowest BCUT2D eigenvalue weighted by Gasteiger charge is -2.33. The maximum Gasteiger partial charge on any atom is 0.410 e. The first kappa shape index (κ1) is 21.3. The van der Waals surface area contributed by atoms with Crippen LogP contribution in [-0.2, 0) is 16.0 Å². The number of benzene rings is 1. The topological polar surface area (TPSA) is 46.6 Å². The van der Waals surface area contributed by atoms with E-state index in [2.05, 4.69) is 0 Å². The molecule has 1 aromatic carbocycles. The van der Waals surface area contributed by atoms with E-state index in [4.69, 9.17) is 12.6 Å². The maximum absolute atomic E-state index is 12.4. The first-order valence-corrected chi connectivity index (χ1v) is 9.09. The molecule has 1 heterocycles. The van der Waals surface area contributed by atoms with Crippen LogP contribution in [0.5, 0.6) is 0 Å². The summed E-state index contributed by atoms with van der Waals surface area (Å²) in [7, 11) is 5.75. The van der Waals surface area contributed by atoms with E-state index >= 15 is 0 Å². The summed E-state index contributed by atoms with van der Waals surface area (Å²) < 4.78 is 5.37. The standard InChI is InChI=1S/C18H24BNO3.C2H6/c1-18(2,3)23-17(22)20-9-7-14(8-10-20)16(21)12-13-5-4-6-15(19)11-13;1-2/h4-6,11,14H,7-10,12H2,1-3H3;1-2H3. The molecule has 5 heteroatoms. The quantitative estimate of drug-likeness (QED) is 0.792. The second-order valence-corrected chi connectivity index (χ2v) is 7.13. The third kappa shape index (κ3) is 7.33. The normalized spacial score (nSPS) is 15.2. The van der Waals surface area contributed by atoms with Crippen molar-refractivity contribution in [1.82, 2.24) is 4.90 Å². The van der Waals surface area contributed by atoms with Crippen molar-refractivity contribution in [2.24, 2.45) is 5.92 Å². The Morgan fingerprint density at radius 3 is 2.32 bits per heavy atom. The fourth-order valence-electron chi connectivity index (χ4n) is 2.76. The summed E-state index contributed by atoms with van der Waals surface area (Å²) in [5.41, 5.74) is 1.14. The molecule has 0 saturated carbocycles. The van der Waals surface area contributed by atoms with E-state index in [1.54, 1.807) is 4.90 Å². The van der Waals surface area contributed by atoms with Crippen LogP contribution in [0.25, 0.3) is 0 Å². The van der Waals surface area contributed by atoms with Gasteiger partial charge in [0.2, 0.25) is 0 Å². The molecule has 136 valence electrons. The minimum absolute atomic E-state index is 0.00937. The van der Waals surface area contributed by atoms with Crippen molar-refractivity contribution in [2.75, 3.05) is 13.1 Å². The molecule has 1 aliphatic heterocycles. The van der Waals surface area contributed by atoms with Crippen molar-refractivity contribution >= 4 is 25.2 Å². The summed E-state index contributed by atoms with van der Waals surface area (Å²) in [4.78, 5) is 26.1. The number of Topliss-reactive ketones (excluding diaryl/α,β-unsaturated/α-hetero) is 1. The number of likely N-dealkylation sites (tertiary alicyclic amines) is 1. The molecule has 1 aromatic rings. The lowest BCUT2D eigenvalue weighted by molar-refractivity contribution is -0.123. The third-order valence-electron chi connectivity index (χ3n) is 3.93. The van der Waals surface area contributed by atoms with Gasteiger partial charge in [-0.15, -0.1) is 0 Å². The van der Waals surface area contributed by atoms with Gasteiger partial charge in [0.15, 0.2) is 0 Å². The van der Waals surface area contributed by atoms with Gasteiger partial charge in [-0.3, -0.25) is 4.79 Å². The van der Waals surface area contributed by atoms with Gasteiger partial charge in [-0.25, -0.2) is 4.79 Å². The highest BCUT2D eigenvalue weighted by Crippen LogP contribution is 2.21. The van der Waals surface area contributed by atoms with Crippen molar-refractivity contribution in [3.05, 3.63) is 29.8 Å². The van der Waals surface area contributed by atoms with Gasteiger partial charge >= 0.3 is 6.09 Å². The highest BCUT2D eigenvalue weighted by atomic mass is 16.6. The Morgan fingerprint density at radius 2 is 1.80 bits per heavy atom. The lowest BCUT2D eigenvalue weighted by Crippen LogP contribution is -2.43. The van der Waals surface area contributed by atoms with Crippen LogP contribution in [0.4, 0.5) is 4.79 Å². The second-order valence-electron chi connectivity index (χ2n) is 7.13. The monoisotopic (exact) mass is 343 g/mol. The Hall–Kier alpha value is -1.78. The molecule has 0 spiro atoms. The van der Waals surface area contributed by atoms with Crippen LogP contribution in [0.3, 0.4) is 0 Å². The molecular formula is C20H30BNO3. The molecule has 1 saturated heterocycles. The minimum atomic E-state index is -0.489. The number of amides is 1. The maximum atomic E-state index is 12.4. The molecule has 0 atom stereocenters. The van der Waals surface area contributed by atoms with E-state index in [-0.39, 0.29) is 17.8 Å². The highest BCUT2D eigenvalue weighted by molar-refractivity contribution is 6.32. The van der Waals surface area contributed by atoms with Crippen LogP contribution in [0, 0.1) is 5.92 Å². The summed E-state index contributed by atoms with van der Waals surface area (Å²) in [6, 6.07) is 7.44. The number of hydrogen-bond donors (Lipinski definition) is 0. The molecule has 1 amide bonds. The number of rotatable bonds is 3. The average Bonchev–Trinajstić information content (AvgIpc) is 2.55. The second kappa shape index (κ2) is 9.64. The van der Waals surface area contributed by atoms with Gasteiger partial charge in [-0.2, -0.15) is 0 Å². The van der Waals surface area contributed by atoms with Gasteiger partial charge in [0.1, 0.15) is 19.2 Å². The van der Waals surface area contributed by atoms with Gasteiger partial charge in [0.05, 0.1) is 0 Å². The Morgan fingerprint density at radius 1 is 1.20 bits per heavy atom. The van der Waals surface area contributed by atoms with E-state index < -0.39 is 5.60 Å². The molecule has 25 heavy (non-hydrogen) atoms. The van der Waals surface area contributed by atoms with Crippen LogP contribution in [-0.4, -0.2) is 43.3 Å². The molecule has 2 radical (unpaired) electrons. The van der Waals surface area contributed by atoms with E-state index in [1.165, 1.54) is 0 Å². The highest BCUT2D eigenvalue weighted by Gasteiger charge is 2.29. The largest absolute Gasteiger partial charge is 0.444 e. The molecule has 1 aliphatic rings. The summed E-state index contributed by atoms with van der Waals surface area (Å²) in [6.45, 7) is 10.7. The zero-order valence-corrected chi connectivity index (χ0v) is 16.2. The van der Waals surface area contributed by atoms with Crippen LogP contribution >= 0.6 is 0 Å². The lowest BCUT2D eigenvalue weighted by atomic mass is 9.87. The Kier molecular flexibility index (Phi) is 8.20. The van der Waals surface area contributed by atoms with Crippen LogP contribution in [0.15, 0.2) is 24.3 Å². The molecule has 4 nitrogen and oxygen atoms in total. The molecule has 0 N–H and O–H groups in total. The van der Waals surface area contributed by atoms with Gasteiger partial charge in [-0.1, -0.05) is 43.6 Å². The fourth-order valence-corrected chi connectivity index (χ4v) is 2.76. The molecule has 1 fully saturated rings. The first-order chi connectivity index (χ1) is 11.7. The number of hydrogen-bond acceptors (Lipinski definition) is 3. The van der Waals surface area contributed by atoms with E-state index in [0.29, 0.717) is 37.8 Å². The van der Waals surface area contributed by atoms with Gasteiger partial charge < -0.3 is 9.64 Å². The van der Waals surface area contributed by atoms with Gasteiger partial charge in [0.25, 0.3) is 0 Å². The van der Waals surface area contributed by atoms with Crippen molar-refractivity contribution in [2.45, 2.75) is 59.5 Å². The molecule has 0 bridgehead atoms. The summed E-state index contributed by atoms with van der Waals surface area (Å²) >= 11 is 0. The number of nitrogens with zero attached hydrogens (tertiary/aromatic N) is 1. The average molecular weight is 343 g/mol. The van der Waals surface area contributed by atoms with Crippen molar-refractivity contribution in [3.8, 4) is 0 Å². The number of carbonyl (C=O) groups excluding carboxylic acids is 2. The van der Waals surface area contributed by atoms with E-state index in [9.17, 15) is 9.59 Å². The van der Waals surface area contributed by atoms with Gasteiger partial charge in [-0.05, 0) is 39.2 Å². The SMILES string of the molecule is CC.[B]c1cccc(CC(=O)C2CCN(C(=O)OC(C)(C)C)CC2)c1. The predicted octanol–water partition coefficient (Wildman–Crippen LogP) is 3.27. The first-order valence-electron chi connectivity index (χ1n) is 9.09. The van der Waals surface area contributed by atoms with Gasteiger partial charge in [0, 0.05) is 25.4 Å². The van der Waals surface area contributed by atoms with Crippen molar-refractivity contribution < 1.29 is 14.3 Å². The Balaban J connectivity index is 0.00000151. The molecular weight excluding hydrogens is 313 g/mol. The number of ketones is 1. The molecule has 2 rings (SSSR count). The smallest absolute Gasteiger partial charge is 0.410 e. The summed E-state index contributed by atoms with van der Waals surface area (Å²) in [6.07, 6.45) is 1.50. The summed E-state index contributed by atoms with van der Waals surface area (Å²) in [5, 5.41) is 0. The number of carbonyl (C=O) groups is 2. The van der Waals surface area contributed by atoms with Crippen LogP contribution in [0.2, 0.25) is 0 Å². The van der Waals surface area contributed by atoms with E-state index in [0.717, 1.165) is 5.56 Å². The Labute approximate surface area is 153 Å². The number of piperidine rings is 1. The zero-order valence-electron chi connectivity index (χ0n) is 16.2. The number of ether oxygens (including phenoxy) is 1. The van der Waals surface area contributed by atoms with Crippen molar-refractivity contribution in [3.63, 3.8) is 0 Å². The Bertz CT molecular complexity index is 573. The van der Waals surface area contributed by atoms with E-state index in [1.807, 2.05) is 58.9 Å². The third-order valence-corrected chi connectivity index (χ3v) is 3.93. The molecule has 0 aromatic heterocycles. The predicted molar refractivity (Wildman–Crippen MR) is 102 cm³/mol. The minimum Gasteiger partial charge on any atom is -0.444 e. The van der Waals surface area contributed by atoms with Crippen LogP contribution < -0.4 is 5.46 Å². The summed E-state index contributed by atoms with van der Waals surface area (Å²) in [5.74, 6) is 0.231. The molecule has 0 aliphatic carbocycles. The fraction of sp³-hybridized carbons (Fsp3) is 0.600. The van der Waals surface area contributed by atoms with Crippen molar-refractivity contribution in [1.29, 1.82) is 0 Å². The van der Waals surface area contributed by atoms with Crippen LogP contribution in [0.1, 0.15) is 53.0 Å². The molecule has 0 unspecified atom stereocenters.